The van der Waals surface area contributed by atoms with Crippen molar-refractivity contribution in [3.05, 3.63) is 48.7 Å². The summed E-state index contributed by atoms with van der Waals surface area (Å²) in [5, 5.41) is 2.20. The van der Waals surface area contributed by atoms with Gasteiger partial charge in [0.05, 0.1) is 0 Å². The molecule has 0 aromatic heterocycles. The Morgan fingerprint density at radius 3 is 1.46 bits per heavy atom. The molecule has 1 N–H and O–H groups in total. The Kier molecular flexibility index (Phi) is 3.45. The van der Waals surface area contributed by atoms with E-state index in [1.54, 1.807) is 0 Å². The molecule has 3 nitrogen and oxygen atoms in total. The molecule has 1 aliphatic heterocycles. The molecule has 1 amide bonds. The quantitative estimate of drug-likeness (QED) is 0.595. The molecule has 0 saturated carbocycles. The van der Waals surface area contributed by atoms with Gasteiger partial charge < -0.3 is 5.32 Å². The first-order valence-electron chi connectivity index (χ1n) is 3.82. The Balaban J connectivity index is 0.000000132. The van der Waals surface area contributed by atoms with Crippen molar-refractivity contribution in [1.29, 1.82) is 0 Å². The zero-order valence-electron chi connectivity index (χ0n) is 6.94. The van der Waals surface area contributed by atoms with E-state index in [1.807, 2.05) is 36.4 Å². The molecule has 0 aliphatic carbocycles. The number of carbonyl (C=O) groups is 2. The number of hydrogen-bond acceptors (Lipinski definition) is 2. The lowest BCUT2D eigenvalue weighted by Gasteiger charge is -1.78. The van der Waals surface area contributed by atoms with Crippen LogP contribution in [-0.2, 0) is 9.59 Å². The van der Waals surface area contributed by atoms with Crippen LogP contribution >= 0.6 is 0 Å². The molecule has 0 radical (unpaired) electrons. The van der Waals surface area contributed by atoms with E-state index in [1.165, 1.54) is 12.3 Å². The van der Waals surface area contributed by atoms with Crippen molar-refractivity contribution in [2.75, 3.05) is 0 Å². The molecule has 2 rings (SSSR count). The van der Waals surface area contributed by atoms with Crippen LogP contribution < -0.4 is 5.32 Å². The number of hydrogen-bond donors (Lipinski definition) is 1. The molecule has 0 fully saturated rings. The lowest BCUT2D eigenvalue weighted by Crippen LogP contribution is -2.17. The summed E-state index contributed by atoms with van der Waals surface area (Å²) >= 11 is 0. The fourth-order valence-electron chi connectivity index (χ4n) is 0.725. The van der Waals surface area contributed by atoms with Crippen molar-refractivity contribution in [1.82, 2.24) is 5.32 Å². The molecular formula is C10H9NO2. The molecule has 1 heterocycles. The van der Waals surface area contributed by atoms with Gasteiger partial charge in [-0.2, -0.15) is 0 Å². The van der Waals surface area contributed by atoms with Crippen LogP contribution in [0.25, 0.3) is 0 Å². The first-order chi connectivity index (χ1) is 6.30. The largest absolute Gasteiger partial charge is 0.326 e. The fourth-order valence-corrected chi connectivity index (χ4v) is 0.725. The van der Waals surface area contributed by atoms with Gasteiger partial charge in [-0.1, -0.05) is 36.4 Å². The van der Waals surface area contributed by atoms with Crippen LogP contribution in [-0.4, -0.2) is 11.7 Å². The van der Waals surface area contributed by atoms with Gasteiger partial charge in [-0.05, 0) is 0 Å². The van der Waals surface area contributed by atoms with E-state index in [-0.39, 0.29) is 0 Å². The summed E-state index contributed by atoms with van der Waals surface area (Å²) in [5.41, 5.74) is 0. The van der Waals surface area contributed by atoms with Crippen molar-refractivity contribution in [2.45, 2.75) is 0 Å². The molecule has 1 aliphatic rings. The minimum absolute atomic E-state index is 0.472. The Bertz CT molecular complexity index is 290. The van der Waals surface area contributed by atoms with Crippen molar-refractivity contribution in [3.8, 4) is 0 Å². The minimum atomic E-state index is -0.542. The van der Waals surface area contributed by atoms with Crippen LogP contribution in [0.5, 0.6) is 0 Å². The summed E-state index contributed by atoms with van der Waals surface area (Å²) in [6, 6.07) is 12.0. The van der Waals surface area contributed by atoms with Crippen molar-refractivity contribution < 1.29 is 9.59 Å². The summed E-state index contributed by atoms with van der Waals surface area (Å²) in [5.74, 6) is -1.01. The Hall–Kier alpha value is -1.90. The van der Waals surface area contributed by atoms with E-state index in [0.717, 1.165) is 0 Å². The molecule has 1 aromatic rings. The number of rotatable bonds is 0. The normalized spacial score (nSPS) is 13.2. The molecule has 13 heavy (non-hydrogen) atoms. The van der Waals surface area contributed by atoms with Crippen molar-refractivity contribution in [3.63, 3.8) is 0 Å². The monoisotopic (exact) mass is 175 g/mol. The maximum absolute atomic E-state index is 10.1. The highest BCUT2D eigenvalue weighted by atomic mass is 16.2. The highest BCUT2D eigenvalue weighted by Crippen LogP contribution is 1.83. The Morgan fingerprint density at radius 2 is 1.31 bits per heavy atom. The first-order valence-corrected chi connectivity index (χ1v) is 3.82. The van der Waals surface area contributed by atoms with Crippen molar-refractivity contribution >= 4 is 11.7 Å². The van der Waals surface area contributed by atoms with E-state index >= 15 is 0 Å². The minimum Gasteiger partial charge on any atom is -0.326 e. The van der Waals surface area contributed by atoms with Crippen LogP contribution in [0, 0.1) is 0 Å². The van der Waals surface area contributed by atoms with E-state index in [4.69, 9.17) is 0 Å². The summed E-state index contributed by atoms with van der Waals surface area (Å²) in [4.78, 5) is 20.1. The predicted octanol–water partition coefficient (Wildman–Crippen LogP) is 0.886. The third-order valence-corrected chi connectivity index (χ3v) is 1.34. The van der Waals surface area contributed by atoms with E-state index in [2.05, 4.69) is 5.32 Å². The molecule has 0 spiro atoms. The highest BCUT2D eigenvalue weighted by molar-refractivity contribution is 6.42. The molecule has 0 saturated heterocycles. The van der Waals surface area contributed by atoms with Crippen LogP contribution in [0.3, 0.4) is 0 Å². The predicted molar refractivity (Wildman–Crippen MR) is 48.7 cm³/mol. The van der Waals surface area contributed by atoms with Gasteiger partial charge in [0.2, 0.25) is 5.78 Å². The van der Waals surface area contributed by atoms with Gasteiger partial charge in [0.1, 0.15) is 0 Å². The topological polar surface area (TPSA) is 46.2 Å². The molecule has 0 bridgehead atoms. The third-order valence-electron chi connectivity index (χ3n) is 1.34. The summed E-state index contributed by atoms with van der Waals surface area (Å²) in [6.07, 6.45) is 2.52. The van der Waals surface area contributed by atoms with Gasteiger partial charge in [-0.15, -0.1) is 0 Å². The maximum Gasteiger partial charge on any atom is 0.295 e. The SMILES string of the molecule is O=C1C=CNC1=O.c1ccccc1. The number of ketones is 1. The number of carbonyl (C=O) groups excluding carboxylic acids is 2. The zero-order valence-corrected chi connectivity index (χ0v) is 6.94. The van der Waals surface area contributed by atoms with Crippen LogP contribution in [0.4, 0.5) is 0 Å². The van der Waals surface area contributed by atoms with Gasteiger partial charge in [-0.3, -0.25) is 9.59 Å². The Morgan fingerprint density at radius 1 is 0.846 bits per heavy atom. The second kappa shape index (κ2) is 4.87. The average Bonchev–Trinajstić information content (AvgIpc) is 2.55. The highest BCUT2D eigenvalue weighted by Gasteiger charge is 2.12. The lowest BCUT2D eigenvalue weighted by atomic mass is 10.4. The second-order valence-corrected chi connectivity index (χ2v) is 2.33. The number of amides is 1. The average molecular weight is 175 g/mol. The second-order valence-electron chi connectivity index (χ2n) is 2.33. The molecule has 3 heteroatoms. The van der Waals surface area contributed by atoms with Crippen LogP contribution in [0.1, 0.15) is 0 Å². The molecule has 0 atom stereocenters. The smallest absolute Gasteiger partial charge is 0.295 e. The van der Waals surface area contributed by atoms with E-state index in [0.29, 0.717) is 0 Å². The number of benzene rings is 1. The van der Waals surface area contributed by atoms with E-state index in [9.17, 15) is 9.59 Å². The zero-order chi connectivity index (χ0) is 9.52. The third kappa shape index (κ3) is 3.33. The molecule has 1 aromatic carbocycles. The van der Waals surface area contributed by atoms with Crippen LogP contribution in [0.15, 0.2) is 48.7 Å². The van der Waals surface area contributed by atoms with Crippen LogP contribution in [0.2, 0.25) is 0 Å². The maximum atomic E-state index is 10.1. The fraction of sp³-hybridized carbons (Fsp3) is 0. The molecule has 66 valence electrons. The van der Waals surface area contributed by atoms with Crippen molar-refractivity contribution in [2.24, 2.45) is 0 Å². The lowest BCUT2D eigenvalue weighted by molar-refractivity contribution is -0.133. The molecular weight excluding hydrogens is 166 g/mol. The Labute approximate surface area is 76.1 Å². The van der Waals surface area contributed by atoms with Gasteiger partial charge >= 0.3 is 0 Å². The summed E-state index contributed by atoms with van der Waals surface area (Å²) < 4.78 is 0. The van der Waals surface area contributed by atoms with Gasteiger partial charge in [0, 0.05) is 12.3 Å². The summed E-state index contributed by atoms with van der Waals surface area (Å²) in [7, 11) is 0. The first kappa shape index (κ1) is 9.19. The number of nitrogens with one attached hydrogen (secondary N) is 1. The van der Waals surface area contributed by atoms with Gasteiger partial charge in [-0.25, -0.2) is 0 Å². The summed E-state index contributed by atoms with van der Waals surface area (Å²) in [6.45, 7) is 0. The standard InChI is InChI=1S/C6H6.C4H3NO2/c1-2-4-6-5-3-1;6-3-1-2-5-4(3)7/h1-6H;1-2H,(H,5,6,7). The van der Waals surface area contributed by atoms with E-state index < -0.39 is 11.7 Å². The van der Waals surface area contributed by atoms with Gasteiger partial charge in [0.25, 0.3) is 5.91 Å². The molecule has 0 unspecified atom stereocenters. The van der Waals surface area contributed by atoms with Gasteiger partial charge in [0.15, 0.2) is 0 Å².